The topological polar surface area (TPSA) is 66.5 Å². The summed E-state index contributed by atoms with van der Waals surface area (Å²) in [4.78, 5) is 12.7. The molecule has 146 valence electrons. The van der Waals surface area contributed by atoms with Crippen molar-refractivity contribution in [2.24, 2.45) is 0 Å². The van der Waals surface area contributed by atoms with Crippen LogP contribution in [-0.2, 0) is 14.8 Å². The van der Waals surface area contributed by atoms with Gasteiger partial charge in [0.1, 0.15) is 0 Å². The third kappa shape index (κ3) is 5.79. The second-order valence-corrected chi connectivity index (χ2v) is 9.86. The molecule has 2 rings (SSSR count). The number of hydrogen-bond donors (Lipinski definition) is 1. The summed E-state index contributed by atoms with van der Waals surface area (Å²) in [6.45, 7) is 3.90. The summed E-state index contributed by atoms with van der Waals surface area (Å²) in [5.74, 6) is -0.225. The Hall–Kier alpha value is -0.920. The second-order valence-electron chi connectivity index (χ2n) is 7.05. The lowest BCUT2D eigenvalue weighted by atomic mass is 9.95. The minimum Gasteiger partial charge on any atom is -0.353 e. The highest BCUT2D eigenvalue weighted by atomic mass is 79.9. The Labute approximate surface area is 165 Å². The van der Waals surface area contributed by atoms with Gasteiger partial charge in [0.2, 0.25) is 15.9 Å². The van der Waals surface area contributed by atoms with Gasteiger partial charge in [-0.05, 0) is 50.5 Å². The Morgan fingerprint density at radius 1 is 1.23 bits per heavy atom. The number of nitrogens with zero attached hydrogens (tertiary/aromatic N) is 1. The average Bonchev–Trinajstić information content (AvgIpc) is 2.61. The summed E-state index contributed by atoms with van der Waals surface area (Å²) in [6, 6.07) is 6.56. The van der Waals surface area contributed by atoms with Crippen LogP contribution in [0.25, 0.3) is 0 Å². The van der Waals surface area contributed by atoms with Gasteiger partial charge in [0.05, 0.1) is 11.4 Å². The van der Waals surface area contributed by atoms with E-state index in [-0.39, 0.29) is 29.4 Å². The molecule has 0 bridgehead atoms. The number of amides is 1. The van der Waals surface area contributed by atoms with Gasteiger partial charge >= 0.3 is 0 Å². The van der Waals surface area contributed by atoms with E-state index in [2.05, 4.69) is 28.2 Å². The Balaban J connectivity index is 2.22. The van der Waals surface area contributed by atoms with Crippen LogP contribution in [0.4, 0.5) is 0 Å². The van der Waals surface area contributed by atoms with Gasteiger partial charge in [-0.2, -0.15) is 4.31 Å². The maximum absolute atomic E-state index is 13.2. The predicted molar refractivity (Wildman–Crippen MR) is 107 cm³/mol. The fourth-order valence-corrected chi connectivity index (χ4v) is 5.39. The highest BCUT2D eigenvalue weighted by Crippen LogP contribution is 2.28. The van der Waals surface area contributed by atoms with Crippen LogP contribution in [0.15, 0.2) is 33.6 Å². The highest BCUT2D eigenvalue weighted by Gasteiger charge is 2.34. The number of sulfonamides is 1. The number of carbonyl (C=O) groups is 1. The first-order chi connectivity index (χ1) is 12.3. The zero-order valence-corrected chi connectivity index (χ0v) is 18.0. The molecule has 1 aliphatic carbocycles. The van der Waals surface area contributed by atoms with Crippen LogP contribution in [0.3, 0.4) is 0 Å². The van der Waals surface area contributed by atoms with Crippen LogP contribution >= 0.6 is 15.9 Å². The van der Waals surface area contributed by atoms with Gasteiger partial charge in [-0.1, -0.05) is 48.5 Å². The molecule has 1 aliphatic rings. The van der Waals surface area contributed by atoms with Crippen LogP contribution in [0.5, 0.6) is 0 Å². The van der Waals surface area contributed by atoms with Crippen LogP contribution in [0.1, 0.15) is 58.8 Å². The van der Waals surface area contributed by atoms with Crippen molar-refractivity contribution >= 4 is 31.9 Å². The maximum Gasteiger partial charge on any atom is 0.243 e. The van der Waals surface area contributed by atoms with Crippen molar-refractivity contribution in [3.63, 3.8) is 0 Å². The summed E-state index contributed by atoms with van der Waals surface area (Å²) >= 11 is 3.34. The first-order valence-electron chi connectivity index (χ1n) is 9.41. The van der Waals surface area contributed by atoms with Crippen molar-refractivity contribution in [3.8, 4) is 0 Å². The Morgan fingerprint density at radius 2 is 1.85 bits per heavy atom. The molecule has 1 aromatic carbocycles. The van der Waals surface area contributed by atoms with Gasteiger partial charge < -0.3 is 5.32 Å². The quantitative estimate of drug-likeness (QED) is 0.656. The number of rotatable bonds is 8. The van der Waals surface area contributed by atoms with E-state index in [1.165, 1.54) is 4.31 Å². The summed E-state index contributed by atoms with van der Waals surface area (Å²) in [6.07, 6.45) is 6.62. The first-order valence-corrected chi connectivity index (χ1v) is 11.6. The molecular weight excluding hydrogens is 416 g/mol. The van der Waals surface area contributed by atoms with Gasteiger partial charge in [0.25, 0.3) is 0 Å². The van der Waals surface area contributed by atoms with Gasteiger partial charge in [-0.25, -0.2) is 8.42 Å². The molecule has 0 unspecified atom stereocenters. The van der Waals surface area contributed by atoms with E-state index in [1.54, 1.807) is 24.3 Å². The van der Waals surface area contributed by atoms with Gasteiger partial charge in [0.15, 0.2) is 0 Å². The average molecular weight is 445 g/mol. The molecule has 0 spiro atoms. The van der Waals surface area contributed by atoms with Crippen molar-refractivity contribution in [2.75, 3.05) is 6.54 Å². The third-order valence-corrected chi connectivity index (χ3v) is 7.27. The SMILES string of the molecule is CCC[C@@H](C)NC(=O)CN(C1CCCCC1)S(=O)(=O)c1ccc(Br)cc1. The fourth-order valence-electron chi connectivity index (χ4n) is 3.49. The molecule has 1 amide bonds. The zero-order valence-electron chi connectivity index (χ0n) is 15.6. The zero-order chi connectivity index (χ0) is 19.2. The standard InChI is InChI=1S/C19H29BrN2O3S/c1-3-7-15(2)21-19(23)14-22(17-8-5-4-6-9-17)26(24,25)18-12-10-16(20)11-13-18/h10-13,15,17H,3-9,14H2,1-2H3,(H,21,23)/t15-/m1/s1. The minimum absolute atomic E-state index is 0.0519. The van der Waals surface area contributed by atoms with Crippen molar-refractivity contribution < 1.29 is 13.2 Å². The van der Waals surface area contributed by atoms with E-state index in [0.29, 0.717) is 0 Å². The molecule has 0 heterocycles. The van der Waals surface area contributed by atoms with Gasteiger partial charge in [-0.15, -0.1) is 0 Å². The molecule has 0 aliphatic heterocycles. The molecule has 0 aromatic heterocycles. The van der Waals surface area contributed by atoms with E-state index < -0.39 is 10.0 Å². The summed E-state index contributed by atoms with van der Waals surface area (Å²) in [5.41, 5.74) is 0. The number of hydrogen-bond acceptors (Lipinski definition) is 3. The summed E-state index contributed by atoms with van der Waals surface area (Å²) < 4.78 is 28.7. The van der Waals surface area contributed by atoms with Crippen molar-refractivity contribution in [1.82, 2.24) is 9.62 Å². The maximum atomic E-state index is 13.2. The molecule has 7 heteroatoms. The normalized spacial score (nSPS) is 17.2. The van der Waals surface area contributed by atoms with Crippen molar-refractivity contribution in [3.05, 3.63) is 28.7 Å². The van der Waals surface area contributed by atoms with Gasteiger partial charge in [-0.3, -0.25) is 4.79 Å². The highest BCUT2D eigenvalue weighted by molar-refractivity contribution is 9.10. The first kappa shape index (κ1) is 21.4. The van der Waals surface area contributed by atoms with Crippen molar-refractivity contribution in [2.45, 2.75) is 75.8 Å². The number of benzene rings is 1. The van der Waals surface area contributed by atoms with E-state index in [0.717, 1.165) is 49.4 Å². The molecule has 26 heavy (non-hydrogen) atoms. The largest absolute Gasteiger partial charge is 0.353 e. The Morgan fingerprint density at radius 3 is 2.42 bits per heavy atom. The van der Waals surface area contributed by atoms with E-state index >= 15 is 0 Å². The number of halogens is 1. The lowest BCUT2D eigenvalue weighted by molar-refractivity contribution is -0.122. The molecular formula is C19H29BrN2O3S. The molecule has 1 atom stereocenters. The monoisotopic (exact) mass is 444 g/mol. The molecule has 1 N–H and O–H groups in total. The third-order valence-electron chi connectivity index (χ3n) is 4.83. The molecule has 0 saturated heterocycles. The van der Waals surface area contributed by atoms with Crippen LogP contribution in [0.2, 0.25) is 0 Å². The summed E-state index contributed by atoms with van der Waals surface area (Å²) in [7, 11) is -3.71. The van der Waals surface area contributed by atoms with Crippen LogP contribution < -0.4 is 5.32 Å². The second kappa shape index (κ2) is 9.85. The Bertz CT molecular complexity index is 685. The van der Waals surface area contributed by atoms with E-state index in [1.807, 2.05) is 6.92 Å². The number of carbonyl (C=O) groups excluding carboxylic acids is 1. The van der Waals surface area contributed by atoms with E-state index in [4.69, 9.17) is 0 Å². The lowest BCUT2D eigenvalue weighted by Crippen LogP contribution is -2.48. The fraction of sp³-hybridized carbons (Fsp3) is 0.632. The predicted octanol–water partition coefficient (Wildman–Crippen LogP) is 4.08. The molecule has 1 fully saturated rings. The molecule has 0 radical (unpaired) electrons. The molecule has 1 aromatic rings. The minimum atomic E-state index is -3.71. The Kier molecular flexibility index (Phi) is 8.10. The van der Waals surface area contributed by atoms with Crippen LogP contribution in [0, 0.1) is 0 Å². The summed E-state index contributed by atoms with van der Waals surface area (Å²) in [5, 5.41) is 2.93. The lowest BCUT2D eigenvalue weighted by Gasteiger charge is -2.33. The smallest absolute Gasteiger partial charge is 0.243 e. The molecule has 5 nitrogen and oxygen atoms in total. The molecule has 1 saturated carbocycles. The number of nitrogens with one attached hydrogen (secondary N) is 1. The van der Waals surface area contributed by atoms with E-state index in [9.17, 15) is 13.2 Å². The van der Waals surface area contributed by atoms with Crippen LogP contribution in [-0.4, -0.2) is 37.3 Å². The van der Waals surface area contributed by atoms with Crippen molar-refractivity contribution in [1.29, 1.82) is 0 Å². The van der Waals surface area contributed by atoms with Gasteiger partial charge in [0, 0.05) is 16.6 Å².